The van der Waals surface area contributed by atoms with Crippen LogP contribution < -0.4 is 5.32 Å². The fraction of sp³-hybridized carbons (Fsp3) is 0.765. The van der Waals surface area contributed by atoms with E-state index in [0.717, 1.165) is 12.8 Å². The Hall–Kier alpha value is -1.45. The molecule has 4 rings (SSSR count). The second-order valence-corrected chi connectivity index (χ2v) is 9.73. The number of carbonyl (C=O) groups is 1. The summed E-state index contributed by atoms with van der Waals surface area (Å²) in [5.74, 6) is 0.439. The van der Waals surface area contributed by atoms with E-state index in [1.165, 1.54) is 0 Å². The molecule has 4 atom stereocenters. The highest BCUT2D eigenvalue weighted by Gasteiger charge is 2.64. The Morgan fingerprint density at radius 3 is 3.04 bits per heavy atom. The van der Waals surface area contributed by atoms with Crippen molar-refractivity contribution in [3.63, 3.8) is 0 Å². The fourth-order valence-electron chi connectivity index (χ4n) is 4.85. The molecular weight excluding hydrogens is 356 g/mol. The van der Waals surface area contributed by atoms with Crippen molar-refractivity contribution < 1.29 is 17.9 Å². The van der Waals surface area contributed by atoms with Crippen LogP contribution in [0.4, 0.5) is 0 Å². The third kappa shape index (κ3) is 3.05. The van der Waals surface area contributed by atoms with Crippen LogP contribution in [0, 0.1) is 11.8 Å². The van der Waals surface area contributed by atoms with E-state index in [2.05, 4.69) is 10.4 Å². The van der Waals surface area contributed by atoms with Crippen LogP contribution >= 0.6 is 0 Å². The first-order valence-corrected chi connectivity index (χ1v) is 10.9. The molecule has 9 heteroatoms. The van der Waals surface area contributed by atoms with Gasteiger partial charge in [0.2, 0.25) is 15.9 Å². The van der Waals surface area contributed by atoms with Crippen molar-refractivity contribution in [2.45, 2.75) is 44.4 Å². The molecule has 0 radical (unpaired) electrons. The lowest BCUT2D eigenvalue weighted by Crippen LogP contribution is -2.42. The largest absolute Gasteiger partial charge is 0.370 e. The first kappa shape index (κ1) is 17.9. The third-order valence-electron chi connectivity index (χ3n) is 6.01. The zero-order valence-electron chi connectivity index (χ0n) is 15.0. The highest BCUT2D eigenvalue weighted by Crippen LogP contribution is 2.55. The van der Waals surface area contributed by atoms with Gasteiger partial charge in [-0.2, -0.15) is 9.40 Å². The molecule has 0 aromatic carbocycles. The van der Waals surface area contributed by atoms with Crippen molar-refractivity contribution in [1.82, 2.24) is 19.4 Å². The SMILES string of the molecule is CCCS(=O)(=O)N1C[C@@H]2[C@H](CNC(=O)Cn3cccn3)[C@H]3CC[C@]2(C1)O3. The molecule has 144 valence electrons. The lowest BCUT2D eigenvalue weighted by molar-refractivity contribution is -0.122. The van der Waals surface area contributed by atoms with Crippen LogP contribution in [0.15, 0.2) is 18.5 Å². The van der Waals surface area contributed by atoms with E-state index >= 15 is 0 Å². The fourth-order valence-corrected chi connectivity index (χ4v) is 6.43. The van der Waals surface area contributed by atoms with Gasteiger partial charge in [0.05, 0.1) is 17.5 Å². The summed E-state index contributed by atoms with van der Waals surface area (Å²) in [6.07, 6.45) is 6.00. The quantitative estimate of drug-likeness (QED) is 0.728. The van der Waals surface area contributed by atoms with Crippen molar-refractivity contribution in [1.29, 1.82) is 0 Å². The molecule has 3 aliphatic rings. The maximum Gasteiger partial charge on any atom is 0.241 e. The summed E-state index contributed by atoms with van der Waals surface area (Å²) in [6.45, 7) is 3.58. The number of nitrogens with zero attached hydrogens (tertiary/aromatic N) is 3. The molecule has 1 aromatic heterocycles. The van der Waals surface area contributed by atoms with Crippen LogP contribution in [-0.2, 0) is 26.1 Å². The summed E-state index contributed by atoms with van der Waals surface area (Å²) >= 11 is 0. The number of ether oxygens (including phenoxy) is 1. The molecule has 8 nitrogen and oxygen atoms in total. The molecule has 1 amide bonds. The second kappa shape index (κ2) is 6.61. The first-order chi connectivity index (χ1) is 12.4. The molecule has 4 heterocycles. The summed E-state index contributed by atoms with van der Waals surface area (Å²) in [7, 11) is -3.22. The average molecular weight is 382 g/mol. The minimum Gasteiger partial charge on any atom is -0.370 e. The topological polar surface area (TPSA) is 93.5 Å². The van der Waals surface area contributed by atoms with Crippen LogP contribution in [0.2, 0.25) is 0 Å². The predicted molar refractivity (Wildman–Crippen MR) is 94.7 cm³/mol. The Labute approximate surface area is 153 Å². The van der Waals surface area contributed by atoms with Crippen molar-refractivity contribution in [2.75, 3.05) is 25.4 Å². The number of hydrogen-bond donors (Lipinski definition) is 1. The van der Waals surface area contributed by atoms with E-state index in [0.29, 0.717) is 26.1 Å². The molecule has 26 heavy (non-hydrogen) atoms. The average Bonchev–Trinajstić information content (AvgIpc) is 3.33. The number of fused-ring (bicyclic) bond motifs is 1. The number of amides is 1. The Bertz CT molecular complexity index is 766. The maximum absolute atomic E-state index is 12.5. The van der Waals surface area contributed by atoms with Gasteiger partial charge < -0.3 is 10.1 Å². The normalized spacial score (nSPS) is 33.5. The lowest BCUT2D eigenvalue weighted by Gasteiger charge is -2.29. The summed E-state index contributed by atoms with van der Waals surface area (Å²) in [4.78, 5) is 12.2. The number of hydrogen-bond acceptors (Lipinski definition) is 5. The molecule has 1 N–H and O–H groups in total. The molecule has 1 aromatic rings. The Kier molecular flexibility index (Phi) is 4.56. The second-order valence-electron chi connectivity index (χ2n) is 7.65. The van der Waals surface area contributed by atoms with Gasteiger partial charge in [-0.05, 0) is 25.3 Å². The summed E-state index contributed by atoms with van der Waals surface area (Å²) in [5, 5.41) is 7.03. The van der Waals surface area contributed by atoms with Gasteiger partial charge in [0, 0.05) is 43.9 Å². The van der Waals surface area contributed by atoms with Crippen molar-refractivity contribution in [2.24, 2.45) is 11.8 Å². The van der Waals surface area contributed by atoms with Gasteiger partial charge in [-0.1, -0.05) is 6.92 Å². The van der Waals surface area contributed by atoms with E-state index in [9.17, 15) is 13.2 Å². The molecule has 2 bridgehead atoms. The highest BCUT2D eigenvalue weighted by molar-refractivity contribution is 7.89. The van der Waals surface area contributed by atoms with Crippen LogP contribution in [0.3, 0.4) is 0 Å². The van der Waals surface area contributed by atoms with Crippen LogP contribution in [0.25, 0.3) is 0 Å². The van der Waals surface area contributed by atoms with Crippen LogP contribution in [0.1, 0.15) is 26.2 Å². The lowest BCUT2D eigenvalue weighted by atomic mass is 9.73. The number of nitrogens with one attached hydrogen (secondary N) is 1. The van der Waals surface area contributed by atoms with Gasteiger partial charge in [0.1, 0.15) is 6.54 Å². The van der Waals surface area contributed by atoms with Gasteiger partial charge in [-0.15, -0.1) is 0 Å². The van der Waals surface area contributed by atoms with E-state index in [-0.39, 0.29) is 41.7 Å². The van der Waals surface area contributed by atoms with Crippen molar-refractivity contribution >= 4 is 15.9 Å². The van der Waals surface area contributed by atoms with Gasteiger partial charge in [0.25, 0.3) is 0 Å². The molecular formula is C17H26N4O4S. The molecule has 0 unspecified atom stereocenters. The predicted octanol–water partition coefficient (Wildman–Crippen LogP) is 0.219. The van der Waals surface area contributed by atoms with Gasteiger partial charge >= 0.3 is 0 Å². The van der Waals surface area contributed by atoms with Crippen LogP contribution in [-0.4, -0.2) is 65.5 Å². The molecule has 0 saturated carbocycles. The zero-order valence-corrected chi connectivity index (χ0v) is 15.8. The maximum atomic E-state index is 12.5. The van der Waals surface area contributed by atoms with Crippen molar-refractivity contribution in [3.05, 3.63) is 18.5 Å². The monoisotopic (exact) mass is 382 g/mol. The molecule has 0 aliphatic carbocycles. The highest BCUT2D eigenvalue weighted by atomic mass is 32.2. The molecule has 3 saturated heterocycles. The number of rotatable bonds is 7. The number of carbonyl (C=O) groups excluding carboxylic acids is 1. The Morgan fingerprint density at radius 1 is 1.46 bits per heavy atom. The summed E-state index contributed by atoms with van der Waals surface area (Å²) in [5.41, 5.74) is -0.344. The first-order valence-electron chi connectivity index (χ1n) is 9.33. The summed E-state index contributed by atoms with van der Waals surface area (Å²) < 4.78 is 34.4. The van der Waals surface area contributed by atoms with E-state index in [1.54, 1.807) is 27.4 Å². The standard InChI is InChI=1S/C17H26N4O4S/c1-2-8-26(23,24)21-10-14-13(15-4-5-17(14,12-21)25-15)9-18-16(22)11-20-7-3-6-19-20/h3,6-7,13-15H,2,4-5,8-12H2,1H3,(H,18,22)/t13-,14+,15+,17+/m0/s1. The molecule has 3 aliphatic heterocycles. The minimum absolute atomic E-state index is 0.0843. The van der Waals surface area contributed by atoms with E-state index in [1.807, 2.05) is 6.92 Å². The minimum atomic E-state index is -3.22. The van der Waals surface area contributed by atoms with E-state index < -0.39 is 10.0 Å². The number of sulfonamides is 1. The molecule has 1 spiro atoms. The Balaban J connectivity index is 1.40. The smallest absolute Gasteiger partial charge is 0.241 e. The third-order valence-corrected chi connectivity index (χ3v) is 8.00. The van der Waals surface area contributed by atoms with E-state index in [4.69, 9.17) is 4.74 Å². The Morgan fingerprint density at radius 2 is 2.31 bits per heavy atom. The van der Waals surface area contributed by atoms with Gasteiger partial charge in [-0.3, -0.25) is 9.48 Å². The van der Waals surface area contributed by atoms with Gasteiger partial charge in [-0.25, -0.2) is 8.42 Å². The van der Waals surface area contributed by atoms with Crippen LogP contribution in [0.5, 0.6) is 0 Å². The van der Waals surface area contributed by atoms with Crippen molar-refractivity contribution in [3.8, 4) is 0 Å². The van der Waals surface area contributed by atoms with Gasteiger partial charge in [0.15, 0.2) is 0 Å². The molecule has 3 fully saturated rings. The number of aromatic nitrogens is 2. The zero-order chi connectivity index (χ0) is 18.4. The summed E-state index contributed by atoms with van der Waals surface area (Å²) in [6, 6.07) is 1.78.